The number of ether oxygens (including phenoxy) is 1. The molecule has 1 aromatic rings. The van der Waals surface area contributed by atoms with Gasteiger partial charge in [-0.15, -0.1) is 10.2 Å². The molecule has 0 saturated carbocycles. The van der Waals surface area contributed by atoms with E-state index in [1.165, 1.54) is 0 Å². The molecule has 1 saturated heterocycles. The predicted molar refractivity (Wildman–Crippen MR) is 58.8 cm³/mol. The monoisotopic (exact) mass is 225 g/mol. The van der Waals surface area contributed by atoms with E-state index in [1.54, 1.807) is 0 Å². The Morgan fingerprint density at radius 3 is 2.62 bits per heavy atom. The lowest BCUT2D eigenvalue weighted by molar-refractivity contribution is -0.0434. The Kier molecular flexibility index (Phi) is 3.50. The second-order valence-electron chi connectivity index (χ2n) is 4.58. The van der Waals surface area contributed by atoms with Gasteiger partial charge in [-0.1, -0.05) is 5.21 Å². The molecule has 3 unspecified atom stereocenters. The Hall–Kier alpha value is -1.01. The Balaban J connectivity index is 1.89. The lowest BCUT2D eigenvalue weighted by atomic mass is 9.99. The first kappa shape index (κ1) is 11.5. The molecule has 6 heteroatoms. The number of nitrogens with one attached hydrogen (secondary N) is 2. The number of tetrazole rings is 1. The van der Waals surface area contributed by atoms with Crippen molar-refractivity contribution in [3.63, 3.8) is 0 Å². The molecule has 0 aliphatic carbocycles. The Bertz CT molecular complexity index is 305. The van der Waals surface area contributed by atoms with E-state index in [4.69, 9.17) is 4.74 Å². The molecule has 2 N–H and O–H groups in total. The van der Waals surface area contributed by atoms with E-state index in [2.05, 4.69) is 46.7 Å². The van der Waals surface area contributed by atoms with Crippen LogP contribution < -0.4 is 5.32 Å². The summed E-state index contributed by atoms with van der Waals surface area (Å²) in [4.78, 5) is 0. The number of hydrogen-bond donors (Lipinski definition) is 2. The first-order valence-electron chi connectivity index (χ1n) is 5.80. The van der Waals surface area contributed by atoms with Crippen LogP contribution in [0.1, 0.15) is 45.5 Å². The van der Waals surface area contributed by atoms with Crippen molar-refractivity contribution in [1.29, 1.82) is 0 Å². The summed E-state index contributed by atoms with van der Waals surface area (Å²) in [5, 5.41) is 17.5. The van der Waals surface area contributed by atoms with Crippen molar-refractivity contribution < 1.29 is 4.74 Å². The summed E-state index contributed by atoms with van der Waals surface area (Å²) >= 11 is 0. The summed E-state index contributed by atoms with van der Waals surface area (Å²) in [6, 6.07) is 0.591. The fourth-order valence-electron chi connectivity index (χ4n) is 2.32. The molecule has 16 heavy (non-hydrogen) atoms. The topological polar surface area (TPSA) is 75.7 Å². The van der Waals surface area contributed by atoms with E-state index in [0.29, 0.717) is 24.1 Å². The third-order valence-corrected chi connectivity index (χ3v) is 2.93. The highest BCUT2D eigenvalue weighted by atomic mass is 16.5. The van der Waals surface area contributed by atoms with Crippen LogP contribution in [0.25, 0.3) is 0 Å². The van der Waals surface area contributed by atoms with E-state index in [-0.39, 0.29) is 6.04 Å². The van der Waals surface area contributed by atoms with E-state index in [1.807, 2.05) is 0 Å². The van der Waals surface area contributed by atoms with Crippen molar-refractivity contribution in [3.05, 3.63) is 5.82 Å². The fraction of sp³-hybridized carbons (Fsp3) is 0.900. The van der Waals surface area contributed by atoms with E-state index in [9.17, 15) is 0 Å². The standard InChI is InChI=1S/C10H19N5O/c1-6-4-9(5-7(2)16-6)11-8(3)10-12-14-15-13-10/h6-9,11H,4-5H2,1-3H3,(H,12,13,14,15). The lowest BCUT2D eigenvalue weighted by Crippen LogP contribution is -2.42. The molecule has 1 aliphatic rings. The van der Waals surface area contributed by atoms with Crippen LogP contribution in [0, 0.1) is 0 Å². The molecule has 0 amide bonds. The average molecular weight is 225 g/mol. The molecule has 0 bridgehead atoms. The van der Waals surface area contributed by atoms with Crippen LogP contribution in [0.4, 0.5) is 0 Å². The number of rotatable bonds is 3. The Morgan fingerprint density at radius 2 is 2.06 bits per heavy atom. The van der Waals surface area contributed by atoms with Gasteiger partial charge in [-0.25, -0.2) is 0 Å². The normalized spacial score (nSPS) is 32.6. The van der Waals surface area contributed by atoms with Crippen LogP contribution in [-0.4, -0.2) is 38.9 Å². The summed E-state index contributed by atoms with van der Waals surface area (Å²) in [5.74, 6) is 0.715. The smallest absolute Gasteiger partial charge is 0.191 e. The zero-order valence-corrected chi connectivity index (χ0v) is 9.97. The maximum absolute atomic E-state index is 5.70. The number of H-pyrrole nitrogens is 1. The number of hydrogen-bond acceptors (Lipinski definition) is 5. The highest BCUT2D eigenvalue weighted by molar-refractivity contribution is 4.89. The number of aromatic nitrogens is 4. The van der Waals surface area contributed by atoms with Gasteiger partial charge in [0.2, 0.25) is 0 Å². The summed E-state index contributed by atoms with van der Waals surface area (Å²) < 4.78 is 5.70. The van der Waals surface area contributed by atoms with Crippen molar-refractivity contribution in [3.8, 4) is 0 Å². The van der Waals surface area contributed by atoms with E-state index >= 15 is 0 Å². The quantitative estimate of drug-likeness (QED) is 0.796. The maximum atomic E-state index is 5.70. The van der Waals surface area contributed by atoms with Gasteiger partial charge in [0.1, 0.15) is 0 Å². The largest absolute Gasteiger partial charge is 0.375 e. The predicted octanol–water partition coefficient (Wildman–Crippen LogP) is 0.806. The van der Waals surface area contributed by atoms with E-state index in [0.717, 1.165) is 12.8 Å². The zero-order chi connectivity index (χ0) is 11.5. The molecule has 3 atom stereocenters. The minimum Gasteiger partial charge on any atom is -0.375 e. The van der Waals surface area contributed by atoms with Gasteiger partial charge in [0.15, 0.2) is 5.82 Å². The van der Waals surface area contributed by atoms with Gasteiger partial charge in [-0.3, -0.25) is 0 Å². The first-order chi connectivity index (χ1) is 7.65. The van der Waals surface area contributed by atoms with Gasteiger partial charge < -0.3 is 10.1 Å². The lowest BCUT2D eigenvalue weighted by Gasteiger charge is -2.33. The first-order valence-corrected chi connectivity index (χ1v) is 5.80. The summed E-state index contributed by atoms with van der Waals surface area (Å²) in [7, 11) is 0. The molecule has 2 heterocycles. The summed E-state index contributed by atoms with van der Waals surface area (Å²) in [6.45, 7) is 6.28. The third kappa shape index (κ3) is 2.76. The van der Waals surface area contributed by atoms with Crippen LogP contribution in [0.5, 0.6) is 0 Å². The second-order valence-corrected chi connectivity index (χ2v) is 4.58. The third-order valence-electron chi connectivity index (χ3n) is 2.93. The van der Waals surface area contributed by atoms with Crippen molar-refractivity contribution >= 4 is 0 Å². The molecular formula is C10H19N5O. The molecule has 0 aromatic carbocycles. The molecule has 2 rings (SSSR count). The number of nitrogens with zero attached hydrogens (tertiary/aromatic N) is 3. The second kappa shape index (κ2) is 4.88. The summed E-state index contributed by atoms with van der Waals surface area (Å²) in [5.41, 5.74) is 0. The van der Waals surface area contributed by atoms with Gasteiger partial charge in [-0.05, 0) is 33.6 Å². The molecule has 90 valence electrons. The minimum atomic E-state index is 0.126. The van der Waals surface area contributed by atoms with Crippen LogP contribution in [-0.2, 0) is 4.74 Å². The maximum Gasteiger partial charge on any atom is 0.191 e. The molecule has 0 spiro atoms. The molecule has 1 aromatic heterocycles. The highest BCUT2D eigenvalue weighted by Gasteiger charge is 2.26. The van der Waals surface area contributed by atoms with Crippen molar-refractivity contribution in [2.24, 2.45) is 0 Å². The van der Waals surface area contributed by atoms with Gasteiger partial charge in [0.25, 0.3) is 0 Å². The van der Waals surface area contributed by atoms with Gasteiger partial charge in [0, 0.05) is 6.04 Å². The zero-order valence-electron chi connectivity index (χ0n) is 9.97. The van der Waals surface area contributed by atoms with E-state index < -0.39 is 0 Å². The van der Waals surface area contributed by atoms with Crippen molar-refractivity contribution in [2.75, 3.05) is 0 Å². The van der Waals surface area contributed by atoms with Crippen LogP contribution in [0.15, 0.2) is 0 Å². The van der Waals surface area contributed by atoms with Crippen molar-refractivity contribution in [2.45, 2.75) is 57.9 Å². The molecule has 1 fully saturated rings. The van der Waals surface area contributed by atoms with Crippen LogP contribution in [0.2, 0.25) is 0 Å². The average Bonchev–Trinajstić information content (AvgIpc) is 2.68. The highest BCUT2D eigenvalue weighted by Crippen LogP contribution is 2.21. The van der Waals surface area contributed by atoms with Gasteiger partial charge in [0.05, 0.1) is 18.2 Å². The molecule has 1 aliphatic heterocycles. The Labute approximate surface area is 95.1 Å². The van der Waals surface area contributed by atoms with Crippen LogP contribution >= 0.6 is 0 Å². The fourth-order valence-corrected chi connectivity index (χ4v) is 2.32. The molecule has 6 nitrogen and oxygen atoms in total. The van der Waals surface area contributed by atoms with Crippen molar-refractivity contribution in [1.82, 2.24) is 25.9 Å². The summed E-state index contributed by atoms with van der Waals surface area (Å²) in [6.07, 6.45) is 2.71. The van der Waals surface area contributed by atoms with Crippen LogP contribution in [0.3, 0.4) is 0 Å². The Morgan fingerprint density at radius 1 is 1.38 bits per heavy atom. The van der Waals surface area contributed by atoms with Gasteiger partial charge in [-0.2, -0.15) is 5.21 Å². The SMILES string of the molecule is CC1CC(NC(C)c2nn[nH]n2)CC(C)O1. The van der Waals surface area contributed by atoms with Gasteiger partial charge >= 0.3 is 0 Å². The molecular weight excluding hydrogens is 206 g/mol. The molecule has 0 radical (unpaired) electrons. The minimum absolute atomic E-state index is 0.126. The number of aromatic amines is 1.